The second kappa shape index (κ2) is 5.73. The van der Waals surface area contributed by atoms with Crippen LogP contribution >= 0.6 is 0 Å². The van der Waals surface area contributed by atoms with Crippen LogP contribution in [-0.2, 0) is 25.3 Å². The Balaban J connectivity index is 1.64. The van der Waals surface area contributed by atoms with Crippen molar-refractivity contribution >= 4 is 15.9 Å². The average Bonchev–Trinajstić information content (AvgIpc) is 3.00. The Kier molecular flexibility index (Phi) is 3.95. The third kappa shape index (κ3) is 3.24. The molecule has 2 aliphatic rings. The molecule has 2 fully saturated rings. The van der Waals surface area contributed by atoms with Crippen molar-refractivity contribution in [3.63, 3.8) is 0 Å². The van der Waals surface area contributed by atoms with E-state index in [1.165, 1.54) is 6.20 Å². The van der Waals surface area contributed by atoms with E-state index in [0.29, 0.717) is 18.1 Å². The van der Waals surface area contributed by atoms with E-state index in [1.807, 2.05) is 0 Å². The Hall–Kier alpha value is -1.47. The molecule has 0 spiro atoms. The number of hydrogen-bond acceptors (Lipinski definition) is 5. The van der Waals surface area contributed by atoms with Gasteiger partial charge in [0.1, 0.15) is 6.10 Å². The molecule has 1 saturated carbocycles. The van der Waals surface area contributed by atoms with Crippen LogP contribution in [-0.4, -0.2) is 32.0 Å². The number of hydrogen-bond donors (Lipinski definition) is 1. The second-order valence-electron chi connectivity index (χ2n) is 5.70. The number of sulfonamides is 1. The fraction of sp³-hybridized carbons (Fsp3) is 0.571. The first-order valence-corrected chi connectivity index (χ1v) is 8.75. The highest BCUT2D eigenvalue weighted by molar-refractivity contribution is 7.89. The number of aromatic nitrogens is 1. The van der Waals surface area contributed by atoms with Crippen molar-refractivity contribution in [1.29, 1.82) is 0 Å². The van der Waals surface area contributed by atoms with Crippen LogP contribution in [0.2, 0.25) is 0 Å². The van der Waals surface area contributed by atoms with Gasteiger partial charge in [-0.1, -0.05) is 12.5 Å². The molecule has 1 aromatic heterocycles. The lowest BCUT2D eigenvalue weighted by Gasteiger charge is -2.16. The maximum absolute atomic E-state index is 12.2. The molecule has 1 amide bonds. The zero-order valence-electron chi connectivity index (χ0n) is 11.6. The lowest BCUT2D eigenvalue weighted by atomic mass is 9.94. The predicted molar refractivity (Wildman–Crippen MR) is 75.6 cm³/mol. The van der Waals surface area contributed by atoms with E-state index in [4.69, 9.17) is 4.74 Å². The summed E-state index contributed by atoms with van der Waals surface area (Å²) in [6.45, 7) is 0.561. The Morgan fingerprint density at radius 2 is 2.29 bits per heavy atom. The Labute approximate surface area is 124 Å². The highest BCUT2D eigenvalue weighted by atomic mass is 32.2. The van der Waals surface area contributed by atoms with E-state index >= 15 is 0 Å². The number of nitrogens with one attached hydrogen (secondary N) is 1. The number of nitrogens with zero attached hydrogens (tertiary/aromatic N) is 1. The third-order valence-electron chi connectivity index (χ3n) is 4.19. The van der Waals surface area contributed by atoms with Crippen LogP contribution in [0, 0.1) is 11.8 Å². The van der Waals surface area contributed by atoms with E-state index < -0.39 is 22.0 Å². The van der Waals surface area contributed by atoms with Crippen molar-refractivity contribution in [3.05, 3.63) is 30.1 Å². The first-order chi connectivity index (χ1) is 10.1. The minimum absolute atomic E-state index is 0.165. The molecule has 1 N–H and O–H groups in total. The molecule has 1 aliphatic carbocycles. The minimum atomic E-state index is -3.72. The Bertz CT molecular complexity index is 617. The second-order valence-corrected chi connectivity index (χ2v) is 7.42. The van der Waals surface area contributed by atoms with E-state index in [-0.39, 0.29) is 11.7 Å². The van der Waals surface area contributed by atoms with Gasteiger partial charge in [0, 0.05) is 12.4 Å². The lowest BCUT2D eigenvalue weighted by Crippen LogP contribution is -2.41. The molecular formula is C14H18N2O4S. The van der Waals surface area contributed by atoms with E-state index in [0.717, 1.165) is 19.3 Å². The number of amides is 1. The molecular weight excluding hydrogens is 292 g/mol. The van der Waals surface area contributed by atoms with Crippen molar-refractivity contribution < 1.29 is 17.9 Å². The largest absolute Gasteiger partial charge is 0.368 e. The van der Waals surface area contributed by atoms with Gasteiger partial charge in [-0.15, -0.1) is 0 Å². The van der Waals surface area contributed by atoms with Gasteiger partial charge in [-0.05, 0) is 36.3 Å². The van der Waals surface area contributed by atoms with Crippen LogP contribution in [0.4, 0.5) is 0 Å². The van der Waals surface area contributed by atoms with Gasteiger partial charge in [0.2, 0.25) is 10.0 Å². The number of carbonyl (C=O) groups excluding carboxylic acids is 1. The van der Waals surface area contributed by atoms with Crippen molar-refractivity contribution in [3.8, 4) is 0 Å². The minimum Gasteiger partial charge on any atom is -0.368 e. The van der Waals surface area contributed by atoms with Gasteiger partial charge in [0.25, 0.3) is 5.91 Å². The zero-order chi connectivity index (χ0) is 14.9. The average molecular weight is 310 g/mol. The summed E-state index contributed by atoms with van der Waals surface area (Å²) >= 11 is 0. The van der Waals surface area contributed by atoms with Crippen molar-refractivity contribution in [1.82, 2.24) is 9.71 Å². The molecule has 21 heavy (non-hydrogen) atoms. The Morgan fingerprint density at radius 1 is 1.43 bits per heavy atom. The zero-order valence-corrected chi connectivity index (χ0v) is 12.4. The molecule has 114 valence electrons. The molecule has 3 rings (SSSR count). The van der Waals surface area contributed by atoms with Gasteiger partial charge < -0.3 is 4.74 Å². The highest BCUT2D eigenvalue weighted by Gasteiger charge is 2.44. The third-order valence-corrected chi connectivity index (χ3v) is 5.42. The quantitative estimate of drug-likeness (QED) is 0.891. The van der Waals surface area contributed by atoms with E-state index in [2.05, 4.69) is 9.71 Å². The highest BCUT2D eigenvalue weighted by Crippen LogP contribution is 2.40. The van der Waals surface area contributed by atoms with Gasteiger partial charge in [-0.2, -0.15) is 0 Å². The first kappa shape index (κ1) is 14.5. The summed E-state index contributed by atoms with van der Waals surface area (Å²) in [4.78, 5) is 16.0. The van der Waals surface area contributed by atoms with Crippen LogP contribution in [0.3, 0.4) is 0 Å². The van der Waals surface area contributed by atoms with Gasteiger partial charge in [-0.25, -0.2) is 8.42 Å². The van der Waals surface area contributed by atoms with Crippen LogP contribution in [0.5, 0.6) is 0 Å². The van der Waals surface area contributed by atoms with E-state index in [1.54, 1.807) is 18.3 Å². The van der Waals surface area contributed by atoms with Crippen LogP contribution in [0.15, 0.2) is 24.5 Å². The SMILES string of the molecule is O=C(NS(=O)(=O)Cc1cccnc1)[C@@H]1OC[C@@H]2CCC[C@@H]21. The molecule has 0 radical (unpaired) electrons. The summed E-state index contributed by atoms with van der Waals surface area (Å²) in [5.74, 6) is -0.221. The number of rotatable bonds is 4. The van der Waals surface area contributed by atoms with Crippen molar-refractivity contribution in [2.75, 3.05) is 6.61 Å². The predicted octanol–water partition coefficient (Wildman–Crippen LogP) is 0.843. The van der Waals surface area contributed by atoms with Gasteiger partial charge >= 0.3 is 0 Å². The topological polar surface area (TPSA) is 85.4 Å². The molecule has 1 saturated heterocycles. The maximum Gasteiger partial charge on any atom is 0.262 e. The van der Waals surface area contributed by atoms with E-state index in [9.17, 15) is 13.2 Å². The maximum atomic E-state index is 12.2. The van der Waals surface area contributed by atoms with Crippen LogP contribution in [0.25, 0.3) is 0 Å². The fourth-order valence-electron chi connectivity index (χ4n) is 3.24. The van der Waals surface area contributed by atoms with Crippen LogP contribution < -0.4 is 4.72 Å². The van der Waals surface area contributed by atoms with Crippen molar-refractivity contribution in [2.45, 2.75) is 31.1 Å². The Morgan fingerprint density at radius 3 is 3.05 bits per heavy atom. The molecule has 3 atom stereocenters. The number of carbonyl (C=O) groups is 1. The first-order valence-electron chi connectivity index (χ1n) is 7.10. The molecule has 0 unspecified atom stereocenters. The monoisotopic (exact) mass is 310 g/mol. The summed E-state index contributed by atoms with van der Waals surface area (Å²) in [6, 6.07) is 3.33. The van der Waals surface area contributed by atoms with Gasteiger partial charge in [0.15, 0.2) is 0 Å². The fourth-order valence-corrected chi connectivity index (χ4v) is 4.35. The molecule has 1 aromatic rings. The number of pyridine rings is 1. The summed E-state index contributed by atoms with van der Waals surface area (Å²) in [6.07, 6.45) is 5.51. The molecule has 6 nitrogen and oxygen atoms in total. The van der Waals surface area contributed by atoms with Crippen molar-refractivity contribution in [2.24, 2.45) is 11.8 Å². The number of ether oxygens (including phenoxy) is 1. The molecule has 0 aromatic carbocycles. The van der Waals surface area contributed by atoms with Gasteiger partial charge in [0.05, 0.1) is 12.4 Å². The summed E-state index contributed by atoms with van der Waals surface area (Å²) < 4.78 is 31.7. The molecule has 7 heteroatoms. The normalized spacial score (nSPS) is 28.3. The molecule has 1 aliphatic heterocycles. The summed E-state index contributed by atoms with van der Waals surface area (Å²) in [5, 5.41) is 0. The van der Waals surface area contributed by atoms with Crippen LogP contribution in [0.1, 0.15) is 24.8 Å². The smallest absolute Gasteiger partial charge is 0.262 e. The number of fused-ring (bicyclic) bond motifs is 1. The lowest BCUT2D eigenvalue weighted by molar-refractivity contribution is -0.129. The summed E-state index contributed by atoms with van der Waals surface area (Å²) in [7, 11) is -3.72. The molecule has 2 heterocycles. The standard InChI is InChI=1S/C14H18N2O4S/c17-14(13-12-5-1-4-11(12)8-20-13)16-21(18,19)9-10-3-2-6-15-7-10/h2-3,6-7,11-13H,1,4-5,8-9H2,(H,16,17)/t11-,12-,13+/m0/s1. The molecule has 0 bridgehead atoms. The summed E-state index contributed by atoms with van der Waals surface area (Å²) in [5.41, 5.74) is 0.545. The van der Waals surface area contributed by atoms with Gasteiger partial charge in [-0.3, -0.25) is 14.5 Å².